The van der Waals surface area contributed by atoms with Crippen molar-refractivity contribution in [3.8, 4) is 5.69 Å². The lowest BCUT2D eigenvalue weighted by Gasteiger charge is -2.09. The fourth-order valence-electron chi connectivity index (χ4n) is 2.30. The molecule has 5 heteroatoms. The van der Waals surface area contributed by atoms with E-state index in [1.165, 1.54) is 11.1 Å². The summed E-state index contributed by atoms with van der Waals surface area (Å²) in [5.41, 5.74) is 3.54. The van der Waals surface area contributed by atoms with Crippen molar-refractivity contribution in [2.24, 2.45) is 0 Å². The van der Waals surface area contributed by atoms with Crippen LogP contribution in [-0.4, -0.2) is 14.8 Å². The first-order valence-corrected chi connectivity index (χ1v) is 8.36. The molecule has 0 saturated heterocycles. The molecule has 22 heavy (non-hydrogen) atoms. The quantitative estimate of drug-likeness (QED) is 0.642. The van der Waals surface area contributed by atoms with Crippen LogP contribution in [0.2, 0.25) is 5.02 Å². The Balaban J connectivity index is 1.86. The van der Waals surface area contributed by atoms with Crippen molar-refractivity contribution in [1.29, 1.82) is 0 Å². The van der Waals surface area contributed by atoms with Gasteiger partial charge in [0.1, 0.15) is 5.82 Å². The van der Waals surface area contributed by atoms with Crippen LogP contribution in [0.4, 0.5) is 0 Å². The van der Waals surface area contributed by atoms with Gasteiger partial charge in [0.2, 0.25) is 0 Å². The molecule has 1 heterocycles. The smallest absolute Gasteiger partial charge is 0.196 e. The third kappa shape index (κ3) is 3.34. The molecule has 0 aliphatic rings. The van der Waals surface area contributed by atoms with Crippen molar-refractivity contribution in [2.45, 2.75) is 24.8 Å². The van der Waals surface area contributed by atoms with Gasteiger partial charge in [-0.2, -0.15) is 0 Å². The van der Waals surface area contributed by atoms with Gasteiger partial charge in [-0.05, 0) is 37.6 Å². The fourth-order valence-corrected chi connectivity index (χ4v) is 3.42. The van der Waals surface area contributed by atoms with Gasteiger partial charge >= 0.3 is 0 Å². The van der Waals surface area contributed by atoms with Crippen molar-refractivity contribution in [3.63, 3.8) is 0 Å². The Morgan fingerprint density at radius 3 is 2.64 bits per heavy atom. The molecule has 3 nitrogen and oxygen atoms in total. The molecule has 0 spiro atoms. The monoisotopic (exact) mass is 329 g/mol. The lowest BCUT2D eigenvalue weighted by atomic mass is 10.2. The van der Waals surface area contributed by atoms with Gasteiger partial charge in [-0.25, -0.2) is 0 Å². The largest absolute Gasteiger partial charge is 0.274 e. The zero-order chi connectivity index (χ0) is 15.5. The van der Waals surface area contributed by atoms with Crippen LogP contribution < -0.4 is 0 Å². The van der Waals surface area contributed by atoms with E-state index < -0.39 is 0 Å². The molecule has 3 rings (SSSR count). The Hall–Kier alpha value is -1.78. The van der Waals surface area contributed by atoms with Crippen LogP contribution in [0.1, 0.15) is 17.0 Å². The first-order valence-electron chi connectivity index (χ1n) is 7.00. The number of aryl methyl sites for hydroxylation is 2. The zero-order valence-electron chi connectivity index (χ0n) is 12.5. The van der Waals surface area contributed by atoms with Gasteiger partial charge in [0.15, 0.2) is 5.16 Å². The highest BCUT2D eigenvalue weighted by molar-refractivity contribution is 7.98. The second kappa shape index (κ2) is 6.55. The lowest BCUT2D eigenvalue weighted by molar-refractivity contribution is 0.868. The summed E-state index contributed by atoms with van der Waals surface area (Å²) in [4.78, 5) is 0. The summed E-state index contributed by atoms with van der Waals surface area (Å²) < 4.78 is 2.03. The number of halogens is 1. The minimum atomic E-state index is 0.709. The van der Waals surface area contributed by atoms with Crippen LogP contribution in [0.3, 0.4) is 0 Å². The SMILES string of the molecule is Cc1cccc(CSc2nnc(C)n2-c2cccc(Cl)c2)c1. The van der Waals surface area contributed by atoms with Crippen LogP contribution in [0.25, 0.3) is 5.69 Å². The Morgan fingerprint density at radius 2 is 1.86 bits per heavy atom. The van der Waals surface area contributed by atoms with Crippen molar-refractivity contribution in [3.05, 3.63) is 70.5 Å². The second-order valence-corrected chi connectivity index (χ2v) is 6.50. The summed E-state index contributed by atoms with van der Waals surface area (Å²) in [6.07, 6.45) is 0. The molecule has 0 unspecified atom stereocenters. The molecule has 112 valence electrons. The van der Waals surface area contributed by atoms with Crippen LogP contribution in [0.5, 0.6) is 0 Å². The van der Waals surface area contributed by atoms with Crippen LogP contribution in [0.15, 0.2) is 53.7 Å². The molecule has 0 N–H and O–H groups in total. The Bertz CT molecular complexity index is 798. The van der Waals surface area contributed by atoms with E-state index in [9.17, 15) is 0 Å². The summed E-state index contributed by atoms with van der Waals surface area (Å²) >= 11 is 7.77. The Labute approximate surface area is 139 Å². The normalized spacial score (nSPS) is 10.9. The third-order valence-corrected chi connectivity index (χ3v) is 4.55. The average molecular weight is 330 g/mol. The molecule has 0 fully saturated rings. The highest BCUT2D eigenvalue weighted by Crippen LogP contribution is 2.26. The van der Waals surface area contributed by atoms with E-state index in [4.69, 9.17) is 11.6 Å². The van der Waals surface area contributed by atoms with E-state index in [-0.39, 0.29) is 0 Å². The van der Waals surface area contributed by atoms with Gasteiger partial charge in [-0.3, -0.25) is 4.57 Å². The molecule has 0 bridgehead atoms. The number of thioether (sulfide) groups is 1. The highest BCUT2D eigenvalue weighted by atomic mass is 35.5. The molecule has 1 aromatic heterocycles. The van der Waals surface area contributed by atoms with Gasteiger partial charge < -0.3 is 0 Å². The van der Waals surface area contributed by atoms with Crippen LogP contribution in [0, 0.1) is 13.8 Å². The van der Waals surface area contributed by atoms with E-state index in [2.05, 4.69) is 41.4 Å². The average Bonchev–Trinajstić information content (AvgIpc) is 2.86. The van der Waals surface area contributed by atoms with Gasteiger partial charge in [-0.1, -0.05) is 59.3 Å². The minimum Gasteiger partial charge on any atom is -0.274 e. The molecular formula is C17H16ClN3S. The van der Waals surface area contributed by atoms with E-state index in [1.54, 1.807) is 11.8 Å². The molecule has 0 atom stereocenters. The topological polar surface area (TPSA) is 30.7 Å². The molecule has 0 saturated carbocycles. The van der Waals surface area contributed by atoms with Crippen molar-refractivity contribution in [1.82, 2.24) is 14.8 Å². The van der Waals surface area contributed by atoms with Crippen molar-refractivity contribution >= 4 is 23.4 Å². The summed E-state index contributed by atoms with van der Waals surface area (Å²) in [7, 11) is 0. The molecule has 0 amide bonds. The van der Waals surface area contributed by atoms with Crippen LogP contribution in [-0.2, 0) is 5.75 Å². The molecular weight excluding hydrogens is 314 g/mol. The fraction of sp³-hybridized carbons (Fsp3) is 0.176. The third-order valence-electron chi connectivity index (χ3n) is 3.31. The second-order valence-electron chi connectivity index (χ2n) is 5.12. The van der Waals surface area contributed by atoms with Gasteiger partial charge in [0.05, 0.1) is 5.69 Å². The number of nitrogens with zero attached hydrogens (tertiary/aromatic N) is 3. The number of hydrogen-bond donors (Lipinski definition) is 0. The summed E-state index contributed by atoms with van der Waals surface area (Å²) in [5, 5.41) is 10.1. The maximum absolute atomic E-state index is 6.10. The van der Waals surface area contributed by atoms with E-state index in [1.807, 2.05) is 35.8 Å². The molecule has 3 aromatic rings. The zero-order valence-corrected chi connectivity index (χ0v) is 14.0. The Morgan fingerprint density at radius 1 is 1.05 bits per heavy atom. The minimum absolute atomic E-state index is 0.709. The highest BCUT2D eigenvalue weighted by Gasteiger charge is 2.11. The van der Waals surface area contributed by atoms with E-state index in [0.717, 1.165) is 22.4 Å². The number of benzene rings is 2. The van der Waals surface area contributed by atoms with Gasteiger partial charge in [0.25, 0.3) is 0 Å². The molecule has 0 aliphatic heterocycles. The predicted octanol–water partition coefficient (Wildman–Crippen LogP) is 4.83. The van der Waals surface area contributed by atoms with Gasteiger partial charge in [-0.15, -0.1) is 10.2 Å². The predicted molar refractivity (Wildman–Crippen MR) is 91.8 cm³/mol. The number of hydrogen-bond acceptors (Lipinski definition) is 3. The first kappa shape index (κ1) is 15.1. The van der Waals surface area contributed by atoms with Crippen molar-refractivity contribution in [2.75, 3.05) is 0 Å². The molecule has 0 aliphatic carbocycles. The Kier molecular flexibility index (Phi) is 4.50. The standard InChI is InChI=1S/C17H16ClN3S/c1-12-5-3-6-14(9-12)11-22-17-20-19-13(2)21(17)16-8-4-7-15(18)10-16/h3-10H,11H2,1-2H3. The first-order chi connectivity index (χ1) is 10.6. The summed E-state index contributed by atoms with van der Waals surface area (Å²) in [5.74, 6) is 1.72. The van der Waals surface area contributed by atoms with Crippen LogP contribution >= 0.6 is 23.4 Å². The number of rotatable bonds is 4. The molecule has 0 radical (unpaired) electrons. The van der Waals surface area contributed by atoms with E-state index >= 15 is 0 Å². The maximum atomic E-state index is 6.10. The van der Waals surface area contributed by atoms with E-state index in [0.29, 0.717) is 5.02 Å². The summed E-state index contributed by atoms with van der Waals surface area (Å²) in [6.45, 7) is 4.05. The number of aromatic nitrogens is 3. The van der Waals surface area contributed by atoms with Crippen molar-refractivity contribution < 1.29 is 0 Å². The summed E-state index contributed by atoms with van der Waals surface area (Å²) in [6, 6.07) is 16.3. The molecule has 2 aromatic carbocycles. The lowest BCUT2D eigenvalue weighted by Crippen LogP contribution is -1.99. The maximum Gasteiger partial charge on any atom is 0.196 e. The van der Waals surface area contributed by atoms with Gasteiger partial charge in [0, 0.05) is 10.8 Å².